The van der Waals surface area contributed by atoms with Crippen molar-refractivity contribution in [1.82, 2.24) is 10.7 Å². The van der Waals surface area contributed by atoms with Gasteiger partial charge in [0.1, 0.15) is 11.8 Å². The first kappa shape index (κ1) is 24.2. The molecule has 2 aromatic carbocycles. The smallest absolute Gasteiger partial charge is 0.493 e. The van der Waals surface area contributed by atoms with E-state index >= 15 is 0 Å². The van der Waals surface area contributed by atoms with Crippen molar-refractivity contribution in [3.8, 4) is 17.2 Å². The first-order valence-corrected chi connectivity index (χ1v) is 9.75. The summed E-state index contributed by atoms with van der Waals surface area (Å²) >= 11 is 0. The van der Waals surface area contributed by atoms with E-state index in [1.165, 1.54) is 26.3 Å². The number of carbonyl (C=O) groups is 3. The Labute approximate surface area is 185 Å². The lowest BCUT2D eigenvalue weighted by Crippen LogP contribution is -2.45. The summed E-state index contributed by atoms with van der Waals surface area (Å²) in [4.78, 5) is 35.5. The predicted octanol–water partition coefficient (Wildman–Crippen LogP) is 2.26. The van der Waals surface area contributed by atoms with Gasteiger partial charge < -0.3 is 24.3 Å². The van der Waals surface area contributed by atoms with Crippen LogP contribution in [0.15, 0.2) is 53.6 Å². The Morgan fingerprint density at radius 3 is 2.53 bits per heavy atom. The number of benzene rings is 2. The summed E-state index contributed by atoms with van der Waals surface area (Å²) in [6.07, 6.45) is 0.534. The van der Waals surface area contributed by atoms with Gasteiger partial charge in [0.2, 0.25) is 0 Å². The molecule has 1 unspecified atom stereocenters. The molecule has 0 heterocycles. The Kier molecular flexibility index (Phi) is 9.51. The van der Waals surface area contributed by atoms with Crippen LogP contribution < -0.4 is 25.0 Å². The highest BCUT2D eigenvalue weighted by atomic mass is 16.7. The molecule has 0 saturated heterocycles. The summed E-state index contributed by atoms with van der Waals surface area (Å²) in [5, 5.41) is 6.39. The van der Waals surface area contributed by atoms with Gasteiger partial charge in [0.25, 0.3) is 11.8 Å². The van der Waals surface area contributed by atoms with Crippen molar-refractivity contribution >= 4 is 24.2 Å². The molecule has 10 heteroatoms. The van der Waals surface area contributed by atoms with Crippen molar-refractivity contribution in [2.24, 2.45) is 5.10 Å². The quantitative estimate of drug-likeness (QED) is 0.250. The van der Waals surface area contributed by atoms with E-state index in [0.717, 1.165) is 0 Å². The van der Waals surface area contributed by atoms with E-state index < -0.39 is 24.0 Å². The van der Waals surface area contributed by atoms with Gasteiger partial charge in [-0.25, -0.2) is 10.2 Å². The molecule has 0 bridgehead atoms. The Hall–Kier alpha value is -4.08. The number of para-hydroxylation sites is 1. The lowest BCUT2D eigenvalue weighted by molar-refractivity contribution is -0.129. The normalized spacial score (nSPS) is 11.3. The third kappa shape index (κ3) is 7.98. The fourth-order valence-electron chi connectivity index (χ4n) is 2.37. The van der Waals surface area contributed by atoms with E-state index in [1.807, 2.05) is 6.07 Å². The molecule has 0 spiro atoms. The number of amides is 2. The summed E-state index contributed by atoms with van der Waals surface area (Å²) in [5.41, 5.74) is 2.92. The molecule has 0 fully saturated rings. The zero-order chi connectivity index (χ0) is 23.3. The van der Waals surface area contributed by atoms with Crippen LogP contribution in [-0.4, -0.2) is 50.5 Å². The Balaban J connectivity index is 1.83. The molecule has 0 aliphatic rings. The third-order valence-corrected chi connectivity index (χ3v) is 3.92. The van der Waals surface area contributed by atoms with Gasteiger partial charge in [0.05, 0.1) is 19.9 Å². The summed E-state index contributed by atoms with van der Waals surface area (Å²) in [7, 11) is 1.42. The molecule has 0 aliphatic carbocycles. The summed E-state index contributed by atoms with van der Waals surface area (Å²) < 4.78 is 20.3. The number of carbonyl (C=O) groups excluding carboxylic acids is 3. The first-order valence-electron chi connectivity index (χ1n) is 9.75. The second-order valence-corrected chi connectivity index (χ2v) is 6.32. The van der Waals surface area contributed by atoms with E-state index in [9.17, 15) is 14.4 Å². The SMILES string of the molecule is CCOC(=O)Oc1ccc(/C=N/NC(=O)C(C)NC(=O)COc2ccccc2)cc1OC. The monoisotopic (exact) mass is 443 g/mol. The van der Waals surface area contributed by atoms with Crippen molar-refractivity contribution in [3.63, 3.8) is 0 Å². The molecular weight excluding hydrogens is 418 g/mol. The molecule has 10 nitrogen and oxygen atoms in total. The van der Waals surface area contributed by atoms with Crippen LogP contribution in [0.1, 0.15) is 19.4 Å². The van der Waals surface area contributed by atoms with Gasteiger partial charge in [-0.15, -0.1) is 0 Å². The predicted molar refractivity (Wildman–Crippen MR) is 116 cm³/mol. The van der Waals surface area contributed by atoms with Crippen LogP contribution in [0, 0.1) is 0 Å². The average molecular weight is 443 g/mol. The van der Waals surface area contributed by atoms with Crippen LogP contribution in [0.2, 0.25) is 0 Å². The fourth-order valence-corrected chi connectivity index (χ4v) is 2.37. The standard InChI is InChI=1S/C22H25N3O7/c1-4-30-22(28)32-18-11-10-16(12-19(18)29-3)13-23-25-21(27)15(2)24-20(26)14-31-17-8-6-5-7-9-17/h5-13,15H,4,14H2,1-3H3,(H,24,26)(H,25,27)/b23-13+. The van der Waals surface area contributed by atoms with Crippen molar-refractivity contribution in [2.75, 3.05) is 20.3 Å². The minimum atomic E-state index is -0.843. The molecule has 2 rings (SSSR count). The van der Waals surface area contributed by atoms with Crippen molar-refractivity contribution in [3.05, 3.63) is 54.1 Å². The van der Waals surface area contributed by atoms with Gasteiger partial charge in [-0.05, 0) is 49.7 Å². The molecule has 0 saturated carbocycles. The number of rotatable bonds is 10. The van der Waals surface area contributed by atoms with Crippen LogP contribution in [-0.2, 0) is 14.3 Å². The fraction of sp³-hybridized carbons (Fsp3) is 0.273. The molecule has 0 radical (unpaired) electrons. The zero-order valence-electron chi connectivity index (χ0n) is 18.0. The maximum Gasteiger partial charge on any atom is 0.513 e. The molecular formula is C22H25N3O7. The molecule has 0 aliphatic heterocycles. The van der Waals surface area contributed by atoms with E-state index in [4.69, 9.17) is 18.9 Å². The number of nitrogens with one attached hydrogen (secondary N) is 2. The van der Waals surface area contributed by atoms with Crippen molar-refractivity contribution in [2.45, 2.75) is 19.9 Å². The first-order chi connectivity index (χ1) is 15.4. The Morgan fingerprint density at radius 2 is 1.84 bits per heavy atom. The minimum absolute atomic E-state index is 0.182. The molecule has 32 heavy (non-hydrogen) atoms. The number of nitrogens with zero attached hydrogens (tertiary/aromatic N) is 1. The third-order valence-electron chi connectivity index (χ3n) is 3.92. The lowest BCUT2D eigenvalue weighted by atomic mass is 10.2. The van der Waals surface area contributed by atoms with Gasteiger partial charge in [-0.1, -0.05) is 18.2 Å². The van der Waals surface area contributed by atoms with Crippen molar-refractivity contribution in [1.29, 1.82) is 0 Å². The van der Waals surface area contributed by atoms with Crippen LogP contribution in [0.25, 0.3) is 0 Å². The molecule has 2 N–H and O–H groups in total. The molecule has 2 amide bonds. The summed E-state index contributed by atoms with van der Waals surface area (Å²) in [5.74, 6) is 0.0676. The Bertz CT molecular complexity index is 948. The van der Waals surface area contributed by atoms with Gasteiger partial charge >= 0.3 is 6.16 Å². The van der Waals surface area contributed by atoms with Gasteiger partial charge in [0, 0.05) is 0 Å². The van der Waals surface area contributed by atoms with E-state index in [2.05, 4.69) is 15.8 Å². The highest BCUT2D eigenvalue weighted by Gasteiger charge is 2.15. The Morgan fingerprint density at radius 1 is 1.09 bits per heavy atom. The van der Waals surface area contributed by atoms with Crippen LogP contribution >= 0.6 is 0 Å². The second kappa shape index (κ2) is 12.6. The average Bonchev–Trinajstić information content (AvgIpc) is 2.79. The maximum atomic E-state index is 12.1. The van der Waals surface area contributed by atoms with Crippen LogP contribution in [0.4, 0.5) is 4.79 Å². The number of methoxy groups -OCH3 is 1. The van der Waals surface area contributed by atoms with Gasteiger partial charge in [-0.3, -0.25) is 9.59 Å². The summed E-state index contributed by atoms with van der Waals surface area (Å²) in [6, 6.07) is 12.7. The second-order valence-electron chi connectivity index (χ2n) is 6.32. The molecule has 2 aromatic rings. The largest absolute Gasteiger partial charge is 0.513 e. The molecule has 1 atom stereocenters. The van der Waals surface area contributed by atoms with Crippen LogP contribution in [0.5, 0.6) is 17.2 Å². The summed E-state index contributed by atoms with van der Waals surface area (Å²) in [6.45, 7) is 3.16. The van der Waals surface area contributed by atoms with E-state index in [0.29, 0.717) is 11.3 Å². The van der Waals surface area contributed by atoms with Crippen molar-refractivity contribution < 1.29 is 33.3 Å². The number of ether oxygens (including phenoxy) is 4. The topological polar surface area (TPSA) is 125 Å². The molecule has 0 aromatic heterocycles. The molecule has 170 valence electrons. The maximum absolute atomic E-state index is 12.1. The van der Waals surface area contributed by atoms with Gasteiger partial charge in [-0.2, -0.15) is 5.10 Å². The lowest BCUT2D eigenvalue weighted by Gasteiger charge is -2.12. The number of hydrogen-bond donors (Lipinski definition) is 2. The number of hydrogen-bond acceptors (Lipinski definition) is 8. The minimum Gasteiger partial charge on any atom is -0.493 e. The van der Waals surface area contributed by atoms with E-state index in [1.54, 1.807) is 43.3 Å². The number of hydrazone groups is 1. The highest BCUT2D eigenvalue weighted by Crippen LogP contribution is 2.27. The van der Waals surface area contributed by atoms with Crippen LogP contribution in [0.3, 0.4) is 0 Å². The highest BCUT2D eigenvalue weighted by molar-refractivity contribution is 5.89. The zero-order valence-corrected chi connectivity index (χ0v) is 18.0. The van der Waals surface area contributed by atoms with Gasteiger partial charge in [0.15, 0.2) is 18.1 Å². The van der Waals surface area contributed by atoms with E-state index in [-0.39, 0.29) is 24.7 Å².